The minimum atomic E-state index is -0.297. The Morgan fingerprint density at radius 3 is 2.19 bits per heavy atom. The van der Waals surface area contributed by atoms with E-state index in [1.807, 2.05) is 42.1 Å². The monoisotopic (exact) mass is 496 g/mol. The van der Waals surface area contributed by atoms with E-state index in [9.17, 15) is 4.79 Å². The Bertz CT molecular complexity index is 1870. The fourth-order valence-electron chi connectivity index (χ4n) is 5.70. The summed E-state index contributed by atoms with van der Waals surface area (Å²) in [7, 11) is 0. The van der Waals surface area contributed by atoms with Crippen molar-refractivity contribution in [3.8, 4) is 11.1 Å². The van der Waals surface area contributed by atoms with Crippen molar-refractivity contribution in [2.24, 2.45) is 0 Å². The third-order valence-corrected chi connectivity index (χ3v) is 8.89. The normalized spacial score (nSPS) is 16.8. The molecule has 0 N–H and O–H groups in total. The molecule has 0 fully saturated rings. The molecular weight excluding hydrogens is 472 g/mol. The maximum absolute atomic E-state index is 12.5. The Kier molecular flexibility index (Phi) is 5.09. The molecule has 1 atom stereocenters. The molecule has 5 aromatic carbocycles. The van der Waals surface area contributed by atoms with Crippen LogP contribution in [0, 0.1) is 0 Å². The molecule has 2 heterocycles. The van der Waals surface area contributed by atoms with Crippen LogP contribution in [0.15, 0.2) is 134 Å². The van der Waals surface area contributed by atoms with Crippen molar-refractivity contribution in [1.82, 2.24) is 0 Å². The van der Waals surface area contributed by atoms with E-state index in [1.54, 1.807) is 0 Å². The second-order valence-corrected chi connectivity index (χ2v) is 11.0. The topological polar surface area (TPSA) is 30.2 Å². The van der Waals surface area contributed by atoms with E-state index >= 15 is 0 Å². The summed E-state index contributed by atoms with van der Waals surface area (Å²) in [4.78, 5) is 15.2. The van der Waals surface area contributed by atoms with E-state index in [4.69, 9.17) is 4.42 Å². The third-order valence-electron chi connectivity index (χ3n) is 7.69. The van der Waals surface area contributed by atoms with Crippen LogP contribution in [-0.4, -0.2) is 0 Å². The third kappa shape index (κ3) is 3.61. The highest BCUT2D eigenvalue weighted by Gasteiger charge is 2.34. The zero-order valence-electron chi connectivity index (χ0n) is 20.4. The lowest BCUT2D eigenvalue weighted by Crippen LogP contribution is -2.26. The first-order valence-electron chi connectivity index (χ1n) is 12.5. The Morgan fingerprint density at radius 2 is 1.35 bits per heavy atom. The van der Waals surface area contributed by atoms with Crippen molar-refractivity contribution in [2.45, 2.75) is 28.6 Å². The molecule has 7 rings (SSSR count). The van der Waals surface area contributed by atoms with Crippen LogP contribution in [0.1, 0.15) is 23.6 Å². The lowest BCUT2D eigenvalue weighted by atomic mass is 9.72. The van der Waals surface area contributed by atoms with Crippen molar-refractivity contribution in [3.05, 3.63) is 142 Å². The number of hydrogen-bond donors (Lipinski definition) is 0. The Labute approximate surface area is 219 Å². The van der Waals surface area contributed by atoms with Crippen LogP contribution in [0.4, 0.5) is 0 Å². The molecule has 1 unspecified atom stereocenters. The molecule has 0 saturated carbocycles. The van der Waals surface area contributed by atoms with Gasteiger partial charge < -0.3 is 4.42 Å². The van der Waals surface area contributed by atoms with Gasteiger partial charge in [-0.1, -0.05) is 104 Å². The average Bonchev–Trinajstić information content (AvgIpc) is 3.07. The summed E-state index contributed by atoms with van der Waals surface area (Å²) in [5.74, 6) is 0. The van der Waals surface area contributed by atoms with Gasteiger partial charge in [-0.25, -0.2) is 4.79 Å². The first-order valence-corrected chi connectivity index (χ1v) is 13.3. The van der Waals surface area contributed by atoms with Gasteiger partial charge in [-0.3, -0.25) is 0 Å². The molecular formula is C34H24O2S. The van der Waals surface area contributed by atoms with Gasteiger partial charge in [-0.05, 0) is 70.0 Å². The minimum Gasteiger partial charge on any atom is -0.422 e. The molecule has 2 nitrogen and oxygen atoms in total. The Balaban J connectivity index is 1.32. The summed E-state index contributed by atoms with van der Waals surface area (Å²) in [6.07, 6.45) is 0.945. The molecule has 178 valence electrons. The molecule has 0 saturated heterocycles. The lowest BCUT2D eigenvalue weighted by molar-refractivity contribution is 0.556. The minimum absolute atomic E-state index is 0.149. The second kappa shape index (κ2) is 8.50. The Hall–Kier alpha value is -4.08. The first-order chi connectivity index (χ1) is 18.1. The molecule has 0 bridgehead atoms. The molecule has 1 aliphatic heterocycles. The van der Waals surface area contributed by atoms with Crippen molar-refractivity contribution < 1.29 is 4.42 Å². The van der Waals surface area contributed by atoms with E-state index in [1.165, 1.54) is 26.5 Å². The fourth-order valence-corrected chi connectivity index (χ4v) is 6.91. The summed E-state index contributed by atoms with van der Waals surface area (Å²) in [5, 5.41) is 2.49. The molecule has 1 aliphatic rings. The van der Waals surface area contributed by atoms with Gasteiger partial charge in [0, 0.05) is 20.6 Å². The number of rotatable bonds is 2. The maximum Gasteiger partial charge on any atom is 0.344 e. The van der Waals surface area contributed by atoms with Gasteiger partial charge in [0.05, 0.1) is 5.39 Å². The molecule has 3 heteroatoms. The van der Waals surface area contributed by atoms with Gasteiger partial charge in [-0.15, -0.1) is 0 Å². The highest BCUT2D eigenvalue weighted by Crippen LogP contribution is 2.47. The van der Waals surface area contributed by atoms with Crippen molar-refractivity contribution >= 4 is 33.5 Å². The summed E-state index contributed by atoms with van der Waals surface area (Å²) in [5.41, 5.74) is 6.34. The van der Waals surface area contributed by atoms with Crippen molar-refractivity contribution in [2.75, 3.05) is 0 Å². The number of fused-ring (bicyclic) bond motifs is 5. The van der Waals surface area contributed by atoms with Crippen LogP contribution in [0.3, 0.4) is 0 Å². The smallest absolute Gasteiger partial charge is 0.344 e. The SMILES string of the molecule is CC1(c2ccc(-c3ccc4c(c3)oc(=O)c3ccccc34)cc2)Cc2ccccc2Sc2ccccc21. The number of hydrogen-bond acceptors (Lipinski definition) is 3. The molecule has 0 spiro atoms. The largest absolute Gasteiger partial charge is 0.422 e. The molecule has 6 aromatic rings. The van der Waals surface area contributed by atoms with Crippen LogP contribution >= 0.6 is 11.8 Å². The average molecular weight is 497 g/mol. The maximum atomic E-state index is 12.5. The van der Waals surface area contributed by atoms with Crippen molar-refractivity contribution in [1.29, 1.82) is 0 Å². The van der Waals surface area contributed by atoms with E-state index in [0.717, 1.165) is 28.3 Å². The predicted octanol–water partition coefficient (Wildman–Crippen LogP) is 8.63. The van der Waals surface area contributed by atoms with Gasteiger partial charge >= 0.3 is 5.63 Å². The van der Waals surface area contributed by atoms with Crippen molar-refractivity contribution in [3.63, 3.8) is 0 Å². The summed E-state index contributed by atoms with van der Waals surface area (Å²) in [6, 6.07) is 40.2. The van der Waals surface area contributed by atoms with Crippen LogP contribution in [-0.2, 0) is 11.8 Å². The summed E-state index contributed by atoms with van der Waals surface area (Å²) in [6.45, 7) is 2.36. The van der Waals surface area contributed by atoms with E-state index < -0.39 is 0 Å². The van der Waals surface area contributed by atoms with Gasteiger partial charge in [0.15, 0.2) is 0 Å². The predicted molar refractivity (Wildman–Crippen MR) is 153 cm³/mol. The first kappa shape index (κ1) is 22.1. The standard InChI is InChI=1S/C34H24O2S/c1-34(21-24-8-2-6-12-31(24)37-32-13-7-5-11-29(32)34)25-17-14-22(15-18-25)23-16-19-27-26-9-3-4-10-28(26)33(35)36-30(27)20-23/h2-20H,21H2,1H3. The zero-order chi connectivity index (χ0) is 25.0. The van der Waals surface area contributed by atoms with Gasteiger partial charge in [0.25, 0.3) is 0 Å². The molecule has 0 radical (unpaired) electrons. The quantitative estimate of drug-likeness (QED) is 0.178. The molecule has 0 aliphatic carbocycles. The van der Waals surface area contributed by atoms with Crippen LogP contribution in [0.25, 0.3) is 32.9 Å². The second-order valence-electron chi connectivity index (χ2n) is 9.94. The number of benzene rings is 5. The van der Waals surface area contributed by atoms with Gasteiger partial charge in [0.2, 0.25) is 0 Å². The summed E-state index contributed by atoms with van der Waals surface area (Å²) >= 11 is 1.87. The molecule has 37 heavy (non-hydrogen) atoms. The fraction of sp³-hybridized carbons (Fsp3) is 0.0882. The highest BCUT2D eigenvalue weighted by atomic mass is 32.2. The zero-order valence-corrected chi connectivity index (χ0v) is 21.2. The highest BCUT2D eigenvalue weighted by molar-refractivity contribution is 7.99. The Morgan fingerprint density at radius 1 is 0.676 bits per heavy atom. The molecule has 0 amide bonds. The van der Waals surface area contributed by atoms with E-state index in [-0.39, 0.29) is 11.0 Å². The van der Waals surface area contributed by atoms with Crippen LogP contribution in [0.2, 0.25) is 0 Å². The lowest BCUT2D eigenvalue weighted by Gasteiger charge is -2.31. The van der Waals surface area contributed by atoms with E-state index in [0.29, 0.717) is 11.0 Å². The van der Waals surface area contributed by atoms with Crippen LogP contribution < -0.4 is 5.63 Å². The summed E-state index contributed by atoms with van der Waals surface area (Å²) < 4.78 is 5.70. The molecule has 1 aromatic heterocycles. The van der Waals surface area contributed by atoms with Gasteiger partial charge in [0.1, 0.15) is 5.58 Å². The van der Waals surface area contributed by atoms with E-state index in [2.05, 4.69) is 91.9 Å². The van der Waals surface area contributed by atoms with Crippen LogP contribution in [0.5, 0.6) is 0 Å². The van der Waals surface area contributed by atoms with Gasteiger partial charge in [-0.2, -0.15) is 0 Å².